The summed E-state index contributed by atoms with van der Waals surface area (Å²) in [4.78, 5) is 34.6. The Morgan fingerprint density at radius 2 is 1.10 bits per heavy atom. The Labute approximate surface area is 346 Å². The molecule has 0 bridgehead atoms. The van der Waals surface area contributed by atoms with Gasteiger partial charge in [-0.05, 0) is 61.1 Å². The van der Waals surface area contributed by atoms with E-state index in [4.69, 9.17) is 69.6 Å². The summed E-state index contributed by atoms with van der Waals surface area (Å²) in [6, 6.07) is 15.4. The SMILES string of the molecule is O=C=O.[C-]#[N+]C(CC)C1(c2ccc(Cl)cc2)CCC2(CC1)OCCO2.[C-]#[N+]C(OC=O)C1(c2ccc(Cl)cc2)CCC2(CC1)OCCO2.[K+].[OH-]. The first-order chi connectivity index (χ1) is 23.2. The van der Waals surface area contributed by atoms with Gasteiger partial charge in [0, 0.05) is 42.1 Å². The van der Waals surface area contributed by atoms with Crippen LogP contribution in [0.3, 0.4) is 0 Å². The van der Waals surface area contributed by atoms with Crippen LogP contribution in [0.5, 0.6) is 0 Å². The number of rotatable bonds is 7. The summed E-state index contributed by atoms with van der Waals surface area (Å²) in [6.07, 6.45) is 6.47. The summed E-state index contributed by atoms with van der Waals surface area (Å²) in [5.74, 6) is -0.931. The molecule has 4 aliphatic rings. The number of halogens is 2. The van der Waals surface area contributed by atoms with Gasteiger partial charge in [0.25, 0.3) is 6.47 Å². The maximum absolute atomic E-state index is 10.9. The van der Waals surface area contributed by atoms with Crippen LogP contribution in [0.15, 0.2) is 48.5 Å². The predicted molar refractivity (Wildman–Crippen MR) is 178 cm³/mol. The van der Waals surface area contributed by atoms with Gasteiger partial charge in [0.05, 0.1) is 31.8 Å². The summed E-state index contributed by atoms with van der Waals surface area (Å²) in [5, 5.41) is 1.37. The topological polar surface area (TPSA) is 136 Å². The summed E-state index contributed by atoms with van der Waals surface area (Å²) >= 11 is 12.0. The fourth-order valence-electron chi connectivity index (χ4n) is 7.72. The minimum Gasteiger partial charge on any atom is -0.870 e. The van der Waals surface area contributed by atoms with E-state index in [2.05, 4.69) is 28.7 Å². The zero-order valence-corrected chi connectivity index (χ0v) is 33.0. The molecule has 2 aliphatic heterocycles. The van der Waals surface area contributed by atoms with Gasteiger partial charge in [0.1, 0.15) is 5.41 Å². The molecular formula is C36H41Cl2KN2O9. The Hall–Kier alpha value is -1.71. The van der Waals surface area contributed by atoms with Crippen LogP contribution in [-0.4, -0.2) is 68.4 Å². The van der Waals surface area contributed by atoms with E-state index in [0.29, 0.717) is 63.6 Å². The first-order valence-electron chi connectivity index (χ1n) is 16.1. The van der Waals surface area contributed by atoms with Crippen molar-refractivity contribution in [2.45, 2.75) is 99.4 Å². The van der Waals surface area contributed by atoms with Gasteiger partial charge in [0.2, 0.25) is 6.04 Å². The maximum Gasteiger partial charge on any atom is 1.00 e. The minimum absolute atomic E-state index is 0. The van der Waals surface area contributed by atoms with Gasteiger partial charge in [-0.15, -0.1) is 0 Å². The molecule has 2 aromatic rings. The van der Waals surface area contributed by atoms with E-state index in [1.165, 1.54) is 5.56 Å². The van der Waals surface area contributed by atoms with Crippen molar-refractivity contribution in [3.05, 3.63) is 92.5 Å². The van der Waals surface area contributed by atoms with Gasteiger partial charge in [-0.25, -0.2) is 13.1 Å². The quantitative estimate of drug-likeness (QED) is 0.232. The van der Waals surface area contributed by atoms with Gasteiger partial charge in [-0.3, -0.25) is 9.64 Å². The Balaban J connectivity index is 0.000000310. The third kappa shape index (κ3) is 10.0. The van der Waals surface area contributed by atoms with Crippen molar-refractivity contribution >= 4 is 35.8 Å². The molecular weight excluding hydrogens is 714 g/mol. The predicted octanol–water partition coefficient (Wildman–Crippen LogP) is 4.15. The number of nitrogens with zero attached hydrogens (tertiary/aromatic N) is 2. The number of hydrogen-bond acceptors (Lipinski definition) is 9. The second-order valence-electron chi connectivity index (χ2n) is 12.4. The molecule has 264 valence electrons. The van der Waals surface area contributed by atoms with E-state index in [1.54, 1.807) is 12.1 Å². The van der Waals surface area contributed by atoms with Crippen LogP contribution >= 0.6 is 23.2 Å². The second kappa shape index (κ2) is 20.5. The number of carbonyl (C=O) groups is 1. The fourth-order valence-corrected chi connectivity index (χ4v) is 7.98. The van der Waals surface area contributed by atoms with Gasteiger partial charge in [0.15, 0.2) is 11.6 Å². The molecule has 14 heteroatoms. The van der Waals surface area contributed by atoms with E-state index < -0.39 is 23.2 Å². The van der Waals surface area contributed by atoms with Gasteiger partial charge in [-0.2, -0.15) is 9.59 Å². The van der Waals surface area contributed by atoms with Crippen molar-refractivity contribution in [3.63, 3.8) is 0 Å². The normalized spacial score (nSPS) is 23.3. The molecule has 2 saturated heterocycles. The van der Waals surface area contributed by atoms with Crippen molar-refractivity contribution < 1.29 is 94.9 Å². The van der Waals surface area contributed by atoms with Crippen molar-refractivity contribution in [2.75, 3.05) is 26.4 Å². The third-order valence-corrected chi connectivity index (χ3v) is 10.7. The number of ether oxygens (including phenoxy) is 5. The van der Waals surface area contributed by atoms with E-state index in [-0.39, 0.29) is 74.5 Å². The van der Waals surface area contributed by atoms with Crippen molar-refractivity contribution in [1.29, 1.82) is 0 Å². The largest absolute Gasteiger partial charge is 1.00 e. The van der Waals surface area contributed by atoms with Crippen LogP contribution < -0.4 is 51.4 Å². The van der Waals surface area contributed by atoms with Crippen LogP contribution in [-0.2, 0) is 48.9 Å². The van der Waals surface area contributed by atoms with Crippen molar-refractivity contribution in [3.8, 4) is 0 Å². The minimum atomic E-state index is -0.861. The number of benzene rings is 2. The summed E-state index contributed by atoms with van der Waals surface area (Å²) < 4.78 is 28.4. The Morgan fingerprint density at radius 3 is 1.42 bits per heavy atom. The number of hydrogen-bond donors (Lipinski definition) is 0. The molecule has 1 N–H and O–H groups in total. The molecule has 0 radical (unpaired) electrons. The van der Waals surface area contributed by atoms with Gasteiger partial charge < -0.3 is 34.0 Å². The average molecular weight is 756 g/mol. The summed E-state index contributed by atoms with van der Waals surface area (Å²) in [7, 11) is 0. The summed E-state index contributed by atoms with van der Waals surface area (Å²) in [6.45, 7) is 20.2. The Kier molecular flexibility index (Phi) is 18.2. The third-order valence-electron chi connectivity index (χ3n) is 10.2. The van der Waals surface area contributed by atoms with Crippen LogP contribution in [0.2, 0.25) is 10.0 Å². The average Bonchev–Trinajstić information content (AvgIpc) is 3.77. The molecule has 0 aromatic heterocycles. The zero-order valence-electron chi connectivity index (χ0n) is 28.4. The molecule has 50 heavy (non-hydrogen) atoms. The Bertz CT molecular complexity index is 1460. The smallest absolute Gasteiger partial charge is 0.870 e. The standard InChI is InChI=1S/C18H22ClNO2.C17H18ClNO4.CO2.K.H2O/c1-3-16(20-2)17(14-4-6-15(19)7-5-14)8-10-18(11-9-17)21-12-13-22-18;1-19-15(21-12-20)16(13-2-4-14(18)5-3-13)6-8-17(9-7-16)22-10-11-23-17;2-1-3;;/h4-7,16H,3,8-13H2,1H3;2-5,12,15H,6-11H2;;;1H2/q;;;+1;/p-1. The van der Waals surface area contributed by atoms with E-state index >= 15 is 0 Å². The van der Waals surface area contributed by atoms with Crippen molar-refractivity contribution in [1.82, 2.24) is 0 Å². The molecule has 2 saturated carbocycles. The summed E-state index contributed by atoms with van der Waals surface area (Å²) in [5.41, 5.74) is 1.51. The maximum atomic E-state index is 10.9. The Morgan fingerprint density at radius 1 is 0.740 bits per heavy atom. The molecule has 2 spiro atoms. The van der Waals surface area contributed by atoms with Gasteiger partial charge >= 0.3 is 63.8 Å². The first-order valence-corrected chi connectivity index (χ1v) is 16.8. The molecule has 4 fully saturated rings. The van der Waals surface area contributed by atoms with Crippen LogP contribution in [0.1, 0.15) is 75.8 Å². The molecule has 2 heterocycles. The van der Waals surface area contributed by atoms with Gasteiger partial charge in [-0.1, -0.05) is 54.4 Å². The first kappa shape index (κ1) is 44.4. The molecule has 11 nitrogen and oxygen atoms in total. The van der Waals surface area contributed by atoms with Crippen LogP contribution in [0.25, 0.3) is 9.69 Å². The zero-order chi connectivity index (χ0) is 34.7. The molecule has 2 atom stereocenters. The molecule has 6 rings (SSSR count). The van der Waals surface area contributed by atoms with Crippen LogP contribution in [0, 0.1) is 13.1 Å². The second-order valence-corrected chi connectivity index (χ2v) is 13.3. The van der Waals surface area contributed by atoms with E-state index in [0.717, 1.165) is 42.7 Å². The van der Waals surface area contributed by atoms with E-state index in [9.17, 15) is 4.79 Å². The van der Waals surface area contributed by atoms with Crippen LogP contribution in [0.4, 0.5) is 0 Å². The fraction of sp³-hybridized carbons (Fsp3) is 0.556. The van der Waals surface area contributed by atoms with E-state index in [1.807, 2.05) is 24.3 Å². The number of carbonyl (C=O) groups excluding carboxylic acids is 3. The molecule has 2 aromatic carbocycles. The molecule has 2 aliphatic carbocycles. The monoisotopic (exact) mass is 754 g/mol. The molecule has 2 unspecified atom stereocenters. The van der Waals surface area contributed by atoms with Crippen molar-refractivity contribution in [2.24, 2.45) is 0 Å². The molecule has 0 amide bonds.